The van der Waals surface area contributed by atoms with Gasteiger partial charge in [0, 0.05) is 38.3 Å². The van der Waals surface area contributed by atoms with Crippen LogP contribution in [0.4, 0.5) is 0 Å². The van der Waals surface area contributed by atoms with Gasteiger partial charge < -0.3 is 10.2 Å². The summed E-state index contributed by atoms with van der Waals surface area (Å²) in [7, 11) is 0. The summed E-state index contributed by atoms with van der Waals surface area (Å²) in [4.78, 5) is 32.2. The van der Waals surface area contributed by atoms with Crippen LogP contribution in [0.2, 0.25) is 0 Å². The molecule has 0 saturated heterocycles. The zero-order valence-corrected chi connectivity index (χ0v) is 17.9. The number of hydrogen-bond donors (Lipinski definition) is 1. The highest BCUT2D eigenvalue weighted by atomic mass is 16.2. The quantitative estimate of drug-likeness (QED) is 0.541. The van der Waals surface area contributed by atoms with Crippen molar-refractivity contribution in [2.24, 2.45) is 0 Å². The van der Waals surface area contributed by atoms with Gasteiger partial charge in [-0.25, -0.2) is 0 Å². The van der Waals surface area contributed by atoms with E-state index in [9.17, 15) is 9.59 Å². The van der Waals surface area contributed by atoms with Crippen molar-refractivity contribution in [1.29, 1.82) is 0 Å². The fourth-order valence-electron chi connectivity index (χ4n) is 3.50. The second kappa shape index (κ2) is 11.6. The first kappa shape index (κ1) is 22.2. The predicted molar refractivity (Wildman–Crippen MR) is 122 cm³/mol. The Morgan fingerprint density at radius 3 is 2.10 bits per heavy atom. The Balaban J connectivity index is 1.86. The monoisotopic (exact) mass is 415 g/mol. The summed E-state index contributed by atoms with van der Waals surface area (Å²) in [5, 5.41) is 3.02. The van der Waals surface area contributed by atoms with Gasteiger partial charge in [-0.3, -0.25) is 14.6 Å². The minimum Gasteiger partial charge on any atom is -0.350 e. The van der Waals surface area contributed by atoms with E-state index in [0.29, 0.717) is 25.9 Å². The number of amides is 2. The van der Waals surface area contributed by atoms with Crippen LogP contribution >= 0.6 is 0 Å². The van der Waals surface area contributed by atoms with Crippen LogP contribution in [-0.4, -0.2) is 27.7 Å². The Labute approximate surface area is 184 Å². The third-order valence-corrected chi connectivity index (χ3v) is 5.15. The molecule has 0 fully saturated rings. The maximum atomic E-state index is 13.3. The number of rotatable bonds is 10. The number of carbonyl (C=O) groups excluding carboxylic acids is 2. The van der Waals surface area contributed by atoms with Crippen LogP contribution in [-0.2, 0) is 29.1 Å². The molecule has 0 aliphatic rings. The molecular formula is C26H29N3O2. The molecule has 0 bridgehead atoms. The van der Waals surface area contributed by atoms with Gasteiger partial charge in [-0.05, 0) is 35.2 Å². The first-order valence-corrected chi connectivity index (χ1v) is 10.7. The van der Waals surface area contributed by atoms with Crippen molar-refractivity contribution < 1.29 is 9.59 Å². The number of carbonyl (C=O) groups is 2. The molecule has 0 radical (unpaired) electrons. The Morgan fingerprint density at radius 1 is 0.871 bits per heavy atom. The van der Waals surface area contributed by atoms with Crippen LogP contribution in [0, 0.1) is 0 Å². The summed E-state index contributed by atoms with van der Waals surface area (Å²) in [5.41, 5.74) is 3.00. The average molecular weight is 416 g/mol. The van der Waals surface area contributed by atoms with Gasteiger partial charge in [0.05, 0.1) is 0 Å². The lowest BCUT2D eigenvalue weighted by Gasteiger charge is -2.31. The predicted octanol–water partition coefficient (Wildman–Crippen LogP) is 4.14. The highest BCUT2D eigenvalue weighted by Gasteiger charge is 2.29. The van der Waals surface area contributed by atoms with Gasteiger partial charge >= 0.3 is 0 Å². The number of nitrogens with one attached hydrogen (secondary N) is 1. The topological polar surface area (TPSA) is 62.3 Å². The van der Waals surface area contributed by atoms with E-state index in [1.165, 1.54) is 0 Å². The lowest BCUT2D eigenvalue weighted by atomic mass is 10.0. The second-order valence-electron chi connectivity index (χ2n) is 7.54. The maximum absolute atomic E-state index is 13.3. The molecule has 1 atom stereocenters. The summed E-state index contributed by atoms with van der Waals surface area (Å²) in [6, 6.07) is 22.8. The molecule has 3 aromatic rings. The smallest absolute Gasteiger partial charge is 0.243 e. The van der Waals surface area contributed by atoms with Gasteiger partial charge in [-0.15, -0.1) is 0 Å². The van der Waals surface area contributed by atoms with Gasteiger partial charge in [0.2, 0.25) is 11.8 Å². The Hall–Kier alpha value is -3.47. The lowest BCUT2D eigenvalue weighted by molar-refractivity contribution is -0.141. The molecule has 31 heavy (non-hydrogen) atoms. The highest BCUT2D eigenvalue weighted by molar-refractivity contribution is 5.88. The fraction of sp³-hybridized carbons (Fsp3) is 0.269. The number of hydrogen-bond acceptors (Lipinski definition) is 3. The molecule has 5 heteroatoms. The first-order valence-electron chi connectivity index (χ1n) is 10.7. The number of nitrogens with zero attached hydrogens (tertiary/aromatic N) is 2. The van der Waals surface area contributed by atoms with Crippen LogP contribution < -0.4 is 5.32 Å². The van der Waals surface area contributed by atoms with Gasteiger partial charge in [-0.1, -0.05) is 67.6 Å². The van der Waals surface area contributed by atoms with Crippen molar-refractivity contribution >= 4 is 11.8 Å². The fourth-order valence-corrected chi connectivity index (χ4v) is 3.50. The Bertz CT molecular complexity index is 946. The summed E-state index contributed by atoms with van der Waals surface area (Å²) in [6.07, 6.45) is 5.02. The van der Waals surface area contributed by atoms with E-state index in [1.54, 1.807) is 17.3 Å². The summed E-state index contributed by atoms with van der Waals surface area (Å²) in [5.74, 6) is -0.160. The van der Waals surface area contributed by atoms with Crippen molar-refractivity contribution in [1.82, 2.24) is 15.2 Å². The molecule has 1 aromatic heterocycles. The minimum atomic E-state index is -0.594. The highest BCUT2D eigenvalue weighted by Crippen LogP contribution is 2.16. The molecule has 0 spiro atoms. The van der Waals surface area contributed by atoms with Crippen LogP contribution in [0.15, 0.2) is 85.2 Å². The zero-order valence-electron chi connectivity index (χ0n) is 17.9. The Morgan fingerprint density at radius 2 is 1.48 bits per heavy atom. The molecule has 0 aliphatic carbocycles. The molecule has 2 aromatic carbocycles. The van der Waals surface area contributed by atoms with E-state index in [4.69, 9.17) is 0 Å². The third kappa shape index (κ3) is 6.78. The molecular weight excluding hydrogens is 386 g/mol. The van der Waals surface area contributed by atoms with Crippen LogP contribution in [0.3, 0.4) is 0 Å². The van der Waals surface area contributed by atoms with Crippen molar-refractivity contribution in [3.8, 4) is 0 Å². The van der Waals surface area contributed by atoms with Gasteiger partial charge in [0.1, 0.15) is 6.04 Å². The van der Waals surface area contributed by atoms with Crippen LogP contribution in [0.25, 0.3) is 0 Å². The zero-order chi connectivity index (χ0) is 21.9. The molecule has 1 unspecified atom stereocenters. The third-order valence-electron chi connectivity index (χ3n) is 5.15. The summed E-state index contributed by atoms with van der Waals surface area (Å²) < 4.78 is 0. The van der Waals surface area contributed by atoms with Crippen molar-refractivity contribution in [3.05, 3.63) is 102 Å². The molecule has 160 valence electrons. The summed E-state index contributed by atoms with van der Waals surface area (Å²) >= 11 is 0. The van der Waals surface area contributed by atoms with E-state index < -0.39 is 6.04 Å². The standard InChI is InChI=1S/C26H29N3O2/c1-2-9-25(30)29(20-23-12-7-4-8-13-23)24(18-21-10-5-3-6-11-21)26(31)28-19-22-14-16-27-17-15-22/h3-8,10-17,24H,2,9,18-20H2,1H3,(H,28,31). The number of pyridine rings is 1. The lowest BCUT2D eigenvalue weighted by Crippen LogP contribution is -2.50. The van der Waals surface area contributed by atoms with Gasteiger partial charge in [0.15, 0.2) is 0 Å². The van der Waals surface area contributed by atoms with E-state index in [-0.39, 0.29) is 11.8 Å². The maximum Gasteiger partial charge on any atom is 0.243 e. The van der Waals surface area contributed by atoms with E-state index in [1.807, 2.05) is 79.7 Å². The molecule has 3 rings (SSSR count). The summed E-state index contributed by atoms with van der Waals surface area (Å²) in [6.45, 7) is 2.78. The second-order valence-corrected chi connectivity index (χ2v) is 7.54. The number of aromatic nitrogens is 1. The first-order chi connectivity index (χ1) is 15.2. The van der Waals surface area contributed by atoms with Gasteiger partial charge in [-0.2, -0.15) is 0 Å². The van der Waals surface area contributed by atoms with Crippen molar-refractivity contribution in [3.63, 3.8) is 0 Å². The van der Waals surface area contributed by atoms with E-state index >= 15 is 0 Å². The molecule has 1 N–H and O–H groups in total. The molecule has 2 amide bonds. The van der Waals surface area contributed by atoms with E-state index in [2.05, 4.69) is 10.3 Å². The SMILES string of the molecule is CCCC(=O)N(Cc1ccccc1)C(Cc1ccccc1)C(=O)NCc1ccncc1. The Kier molecular flexibility index (Phi) is 8.35. The van der Waals surface area contributed by atoms with Crippen LogP contribution in [0.5, 0.6) is 0 Å². The van der Waals surface area contributed by atoms with Gasteiger partial charge in [0.25, 0.3) is 0 Å². The minimum absolute atomic E-state index is 0.00801. The molecule has 0 aliphatic heterocycles. The average Bonchev–Trinajstić information content (AvgIpc) is 2.82. The largest absolute Gasteiger partial charge is 0.350 e. The number of benzene rings is 2. The van der Waals surface area contributed by atoms with E-state index in [0.717, 1.165) is 23.1 Å². The molecule has 5 nitrogen and oxygen atoms in total. The molecule has 0 saturated carbocycles. The van der Waals surface area contributed by atoms with Crippen LogP contribution in [0.1, 0.15) is 36.5 Å². The molecule has 1 heterocycles. The normalized spacial score (nSPS) is 11.5. The van der Waals surface area contributed by atoms with Crippen molar-refractivity contribution in [2.75, 3.05) is 0 Å². The van der Waals surface area contributed by atoms with Crippen molar-refractivity contribution in [2.45, 2.75) is 45.3 Å².